The van der Waals surface area contributed by atoms with E-state index < -0.39 is 22.3 Å². The van der Waals surface area contributed by atoms with Gasteiger partial charge in [-0.25, -0.2) is 9.93 Å². The minimum atomic E-state index is -3.71. The van der Waals surface area contributed by atoms with Gasteiger partial charge < -0.3 is 10.0 Å². The smallest absolute Gasteiger partial charge is 0.407 e. The zero-order valence-corrected chi connectivity index (χ0v) is 8.57. The molecule has 1 rings (SSSR count). The molecule has 7 nitrogen and oxygen atoms in total. The molecule has 1 fully saturated rings. The van der Waals surface area contributed by atoms with Gasteiger partial charge in [0, 0.05) is 25.7 Å². The van der Waals surface area contributed by atoms with Crippen LogP contribution < -0.4 is 5.14 Å². The Hall–Kier alpha value is -0.860. The largest absolute Gasteiger partial charge is 0.465 e. The van der Waals surface area contributed by atoms with E-state index in [4.69, 9.17) is 10.2 Å². The van der Waals surface area contributed by atoms with Crippen LogP contribution in [0.3, 0.4) is 0 Å². The molecule has 1 atom stereocenters. The molecule has 1 amide bonds. The molecular weight excluding hydrogens is 210 g/mol. The highest BCUT2D eigenvalue weighted by Gasteiger charge is 2.31. The first kappa shape index (κ1) is 11.2. The molecule has 82 valence electrons. The van der Waals surface area contributed by atoms with E-state index in [0.717, 1.165) is 4.31 Å². The SMILES string of the molecule is C[C@@H]1CN(C(=O)O)CCN1S(N)(=O)=O. The standard InChI is InChI=1S/C6H13N3O4S/c1-5-4-8(6(10)11)2-3-9(5)14(7,12)13/h5H,2-4H2,1H3,(H,10,11)(H2,7,12,13)/t5-/m1/s1. The number of hydrogen-bond acceptors (Lipinski definition) is 3. The third-order valence-corrected chi connectivity index (χ3v) is 3.36. The van der Waals surface area contributed by atoms with Crippen molar-refractivity contribution in [3.63, 3.8) is 0 Å². The summed E-state index contributed by atoms with van der Waals surface area (Å²) in [5.74, 6) is 0. The summed E-state index contributed by atoms with van der Waals surface area (Å²) in [4.78, 5) is 11.8. The Labute approximate surface area is 82.3 Å². The number of amides is 1. The number of piperazine rings is 1. The molecule has 0 aromatic heterocycles. The molecule has 1 heterocycles. The van der Waals surface area contributed by atoms with E-state index in [1.165, 1.54) is 4.90 Å². The molecule has 0 aromatic rings. The number of carbonyl (C=O) groups is 1. The summed E-state index contributed by atoms with van der Waals surface area (Å²) in [6, 6.07) is -0.408. The van der Waals surface area contributed by atoms with Gasteiger partial charge in [-0.2, -0.15) is 12.7 Å². The van der Waals surface area contributed by atoms with E-state index in [9.17, 15) is 13.2 Å². The molecule has 1 saturated heterocycles. The van der Waals surface area contributed by atoms with Gasteiger partial charge in [0.1, 0.15) is 0 Å². The van der Waals surface area contributed by atoms with E-state index in [2.05, 4.69) is 0 Å². The summed E-state index contributed by atoms with van der Waals surface area (Å²) < 4.78 is 23.1. The first-order chi connectivity index (χ1) is 6.32. The molecule has 1 aliphatic rings. The molecule has 0 spiro atoms. The van der Waals surface area contributed by atoms with Crippen molar-refractivity contribution in [2.45, 2.75) is 13.0 Å². The molecule has 8 heteroatoms. The van der Waals surface area contributed by atoms with Crippen molar-refractivity contribution in [3.05, 3.63) is 0 Å². The number of nitrogens with zero attached hydrogens (tertiary/aromatic N) is 2. The molecule has 0 unspecified atom stereocenters. The van der Waals surface area contributed by atoms with Crippen LogP contribution in [-0.4, -0.2) is 54.5 Å². The highest BCUT2D eigenvalue weighted by atomic mass is 32.2. The average Bonchev–Trinajstić information content (AvgIpc) is 2.01. The van der Waals surface area contributed by atoms with Crippen LogP contribution in [0.4, 0.5) is 4.79 Å². The minimum Gasteiger partial charge on any atom is -0.465 e. The fourth-order valence-electron chi connectivity index (χ4n) is 1.49. The topological polar surface area (TPSA) is 104 Å². The molecular formula is C6H13N3O4S. The highest BCUT2D eigenvalue weighted by Crippen LogP contribution is 2.11. The van der Waals surface area contributed by atoms with Gasteiger partial charge in [0.2, 0.25) is 0 Å². The maximum atomic E-state index is 11.0. The molecule has 0 bridgehead atoms. The number of hydrogen-bond donors (Lipinski definition) is 2. The summed E-state index contributed by atoms with van der Waals surface area (Å²) in [7, 11) is -3.71. The van der Waals surface area contributed by atoms with Crippen molar-refractivity contribution in [2.24, 2.45) is 5.14 Å². The van der Waals surface area contributed by atoms with Gasteiger partial charge in [-0.05, 0) is 6.92 Å². The number of carboxylic acid groups (broad SMARTS) is 1. The Bertz CT molecular complexity index is 328. The van der Waals surface area contributed by atoms with Crippen LogP contribution in [0.15, 0.2) is 0 Å². The molecule has 0 radical (unpaired) electrons. The van der Waals surface area contributed by atoms with Crippen molar-refractivity contribution in [1.29, 1.82) is 0 Å². The second-order valence-electron chi connectivity index (χ2n) is 3.23. The van der Waals surface area contributed by atoms with Crippen LogP contribution in [0.1, 0.15) is 6.92 Å². The lowest BCUT2D eigenvalue weighted by Gasteiger charge is -2.36. The summed E-state index contributed by atoms with van der Waals surface area (Å²) in [5, 5.41) is 13.6. The second kappa shape index (κ2) is 3.71. The van der Waals surface area contributed by atoms with Crippen LogP contribution in [0.5, 0.6) is 0 Å². The van der Waals surface area contributed by atoms with E-state index in [0.29, 0.717) is 0 Å². The predicted molar refractivity (Wildman–Crippen MR) is 48.9 cm³/mol. The second-order valence-corrected chi connectivity index (χ2v) is 4.73. The fourth-order valence-corrected chi connectivity index (χ4v) is 2.40. The van der Waals surface area contributed by atoms with E-state index in [1.807, 2.05) is 0 Å². The Balaban J connectivity index is 2.70. The maximum Gasteiger partial charge on any atom is 0.407 e. The first-order valence-corrected chi connectivity index (χ1v) is 5.60. The van der Waals surface area contributed by atoms with Crippen LogP contribution >= 0.6 is 0 Å². The normalized spacial score (nSPS) is 25.0. The minimum absolute atomic E-state index is 0.117. The number of nitrogens with two attached hydrogens (primary N) is 1. The Morgan fingerprint density at radius 2 is 2.07 bits per heavy atom. The van der Waals surface area contributed by atoms with Crippen LogP contribution in [0.25, 0.3) is 0 Å². The van der Waals surface area contributed by atoms with Crippen molar-refractivity contribution in [3.8, 4) is 0 Å². The zero-order chi connectivity index (χ0) is 10.9. The molecule has 14 heavy (non-hydrogen) atoms. The van der Waals surface area contributed by atoms with E-state index in [-0.39, 0.29) is 19.6 Å². The van der Waals surface area contributed by atoms with Crippen LogP contribution in [-0.2, 0) is 10.2 Å². The monoisotopic (exact) mass is 223 g/mol. The quantitative estimate of drug-likeness (QED) is 0.587. The molecule has 3 N–H and O–H groups in total. The van der Waals surface area contributed by atoms with Crippen LogP contribution in [0, 0.1) is 0 Å². The van der Waals surface area contributed by atoms with Crippen molar-refractivity contribution in [1.82, 2.24) is 9.21 Å². The van der Waals surface area contributed by atoms with Gasteiger partial charge in [0.25, 0.3) is 10.2 Å². The van der Waals surface area contributed by atoms with Gasteiger partial charge >= 0.3 is 6.09 Å². The third kappa shape index (κ3) is 2.34. The third-order valence-electron chi connectivity index (χ3n) is 2.16. The summed E-state index contributed by atoms with van der Waals surface area (Å²) >= 11 is 0. The van der Waals surface area contributed by atoms with Crippen molar-refractivity contribution in [2.75, 3.05) is 19.6 Å². The van der Waals surface area contributed by atoms with E-state index in [1.54, 1.807) is 6.92 Å². The first-order valence-electron chi connectivity index (χ1n) is 4.10. The predicted octanol–water partition coefficient (Wildman–Crippen LogP) is -1.13. The molecule has 0 saturated carbocycles. The van der Waals surface area contributed by atoms with Crippen molar-refractivity contribution >= 4 is 16.3 Å². The Kier molecular flexibility index (Phi) is 2.98. The molecule has 1 aliphatic heterocycles. The van der Waals surface area contributed by atoms with Gasteiger partial charge in [0.05, 0.1) is 0 Å². The molecule has 0 aromatic carbocycles. The average molecular weight is 223 g/mol. The van der Waals surface area contributed by atoms with E-state index >= 15 is 0 Å². The Morgan fingerprint density at radius 1 is 1.50 bits per heavy atom. The summed E-state index contributed by atoms with van der Waals surface area (Å²) in [5.41, 5.74) is 0. The van der Waals surface area contributed by atoms with Crippen LogP contribution in [0.2, 0.25) is 0 Å². The highest BCUT2D eigenvalue weighted by molar-refractivity contribution is 7.86. The van der Waals surface area contributed by atoms with Gasteiger partial charge in [-0.15, -0.1) is 0 Å². The lowest BCUT2D eigenvalue weighted by Crippen LogP contribution is -2.56. The fraction of sp³-hybridized carbons (Fsp3) is 0.833. The number of rotatable bonds is 1. The lowest BCUT2D eigenvalue weighted by atomic mass is 10.2. The Morgan fingerprint density at radius 3 is 2.43 bits per heavy atom. The van der Waals surface area contributed by atoms with Crippen molar-refractivity contribution < 1.29 is 18.3 Å². The van der Waals surface area contributed by atoms with Gasteiger partial charge in [-0.3, -0.25) is 0 Å². The van der Waals surface area contributed by atoms with Gasteiger partial charge in [-0.1, -0.05) is 0 Å². The lowest BCUT2D eigenvalue weighted by molar-refractivity contribution is 0.109. The summed E-state index contributed by atoms with van der Waals surface area (Å²) in [6.07, 6.45) is -1.04. The van der Waals surface area contributed by atoms with Gasteiger partial charge in [0.15, 0.2) is 0 Å². The molecule has 0 aliphatic carbocycles. The maximum absolute atomic E-state index is 11.0. The zero-order valence-electron chi connectivity index (χ0n) is 7.75. The summed E-state index contributed by atoms with van der Waals surface area (Å²) in [6.45, 7) is 2.06.